The number of nitrogens with two attached hydrogens (primary N) is 1. The SMILES string of the molecule is NCCC(CC1=COOC=C1)NC(=O)C1c2ccccc2-c2ccccc21. The van der Waals surface area contributed by atoms with Crippen LogP contribution in [0, 0.1) is 0 Å². The van der Waals surface area contributed by atoms with Gasteiger partial charge in [0.1, 0.15) is 12.5 Å². The lowest BCUT2D eigenvalue weighted by Gasteiger charge is -2.22. The number of allylic oxidation sites excluding steroid dienone is 1. The molecule has 0 saturated heterocycles. The smallest absolute Gasteiger partial charge is 0.232 e. The number of benzene rings is 2. The Hall–Kier alpha value is -3.05. The van der Waals surface area contributed by atoms with Gasteiger partial charge < -0.3 is 11.1 Å². The van der Waals surface area contributed by atoms with Crippen LogP contribution in [0.3, 0.4) is 0 Å². The first-order valence-corrected chi connectivity index (χ1v) is 9.14. The number of carbonyl (C=O) groups is 1. The maximum absolute atomic E-state index is 13.3. The highest BCUT2D eigenvalue weighted by Crippen LogP contribution is 2.44. The van der Waals surface area contributed by atoms with E-state index in [1.807, 2.05) is 42.5 Å². The molecule has 0 radical (unpaired) electrons. The molecule has 2 aromatic rings. The molecule has 138 valence electrons. The van der Waals surface area contributed by atoms with Gasteiger partial charge in [0, 0.05) is 6.04 Å². The summed E-state index contributed by atoms with van der Waals surface area (Å²) in [6, 6.07) is 16.1. The van der Waals surface area contributed by atoms with Gasteiger partial charge in [-0.2, -0.15) is 0 Å². The topological polar surface area (TPSA) is 73.6 Å². The molecule has 0 saturated carbocycles. The predicted molar refractivity (Wildman–Crippen MR) is 103 cm³/mol. The normalized spacial score (nSPS) is 15.8. The van der Waals surface area contributed by atoms with Gasteiger partial charge in [0.05, 0.1) is 5.92 Å². The van der Waals surface area contributed by atoms with Crippen LogP contribution in [0.15, 0.2) is 72.7 Å². The quantitative estimate of drug-likeness (QED) is 0.773. The molecule has 1 aliphatic carbocycles. The molecule has 0 aromatic heterocycles. The Bertz CT molecular complexity index is 858. The summed E-state index contributed by atoms with van der Waals surface area (Å²) in [6.45, 7) is 0.497. The van der Waals surface area contributed by atoms with Gasteiger partial charge in [-0.1, -0.05) is 48.5 Å². The number of nitrogens with one attached hydrogen (secondary N) is 1. The molecule has 2 aromatic carbocycles. The van der Waals surface area contributed by atoms with Crippen molar-refractivity contribution in [1.29, 1.82) is 0 Å². The highest BCUT2D eigenvalue weighted by Gasteiger charge is 2.34. The van der Waals surface area contributed by atoms with E-state index in [1.165, 1.54) is 6.26 Å². The Kier molecular flexibility index (Phi) is 4.94. The van der Waals surface area contributed by atoms with Crippen LogP contribution < -0.4 is 11.1 Å². The molecule has 0 fully saturated rings. The zero-order valence-electron chi connectivity index (χ0n) is 14.9. The lowest BCUT2D eigenvalue weighted by atomic mass is 9.95. The molecule has 5 heteroatoms. The van der Waals surface area contributed by atoms with Gasteiger partial charge in [-0.25, -0.2) is 0 Å². The molecule has 1 heterocycles. The van der Waals surface area contributed by atoms with Crippen molar-refractivity contribution in [3.8, 4) is 11.1 Å². The maximum atomic E-state index is 13.3. The van der Waals surface area contributed by atoms with Crippen LogP contribution in [0.2, 0.25) is 0 Å². The Morgan fingerprint density at radius 2 is 1.70 bits per heavy atom. The van der Waals surface area contributed by atoms with Crippen molar-refractivity contribution < 1.29 is 14.6 Å². The van der Waals surface area contributed by atoms with E-state index in [2.05, 4.69) is 17.4 Å². The van der Waals surface area contributed by atoms with Crippen LogP contribution in [0.25, 0.3) is 11.1 Å². The molecule has 1 aliphatic heterocycles. The second kappa shape index (κ2) is 7.68. The maximum Gasteiger partial charge on any atom is 0.232 e. The fraction of sp³-hybridized carbons (Fsp3) is 0.227. The molecule has 27 heavy (non-hydrogen) atoms. The number of amides is 1. The number of rotatable bonds is 6. The van der Waals surface area contributed by atoms with Crippen molar-refractivity contribution in [2.45, 2.75) is 24.8 Å². The summed E-state index contributed by atoms with van der Waals surface area (Å²) in [5.41, 5.74) is 11.1. The Labute approximate surface area is 158 Å². The van der Waals surface area contributed by atoms with E-state index in [0.29, 0.717) is 19.4 Å². The summed E-state index contributed by atoms with van der Waals surface area (Å²) in [6.07, 6.45) is 6.20. The van der Waals surface area contributed by atoms with Gasteiger partial charge >= 0.3 is 0 Å². The first-order valence-electron chi connectivity index (χ1n) is 9.14. The summed E-state index contributed by atoms with van der Waals surface area (Å²) in [5, 5.41) is 3.20. The molecule has 4 rings (SSSR count). The fourth-order valence-corrected chi connectivity index (χ4v) is 3.83. The summed E-state index contributed by atoms with van der Waals surface area (Å²) in [4.78, 5) is 22.8. The standard InChI is InChI=1S/C22H22N2O3/c23-11-9-16(13-15-10-12-26-27-14-15)24-22(25)21-19-7-3-1-5-17(19)18-6-2-4-8-20(18)21/h1-8,10,12,14,16,21H,9,11,13,23H2,(H,24,25). The van der Waals surface area contributed by atoms with E-state index in [-0.39, 0.29) is 17.9 Å². The van der Waals surface area contributed by atoms with Gasteiger partial charge in [0.25, 0.3) is 0 Å². The van der Waals surface area contributed by atoms with Crippen LogP contribution in [0.1, 0.15) is 29.9 Å². The number of fused-ring (bicyclic) bond motifs is 3. The Balaban J connectivity index is 1.58. The van der Waals surface area contributed by atoms with E-state index >= 15 is 0 Å². The average Bonchev–Trinajstić information content (AvgIpc) is 3.03. The van der Waals surface area contributed by atoms with Crippen molar-refractivity contribution in [2.75, 3.05) is 6.54 Å². The van der Waals surface area contributed by atoms with Gasteiger partial charge in [0.2, 0.25) is 5.91 Å². The lowest BCUT2D eigenvalue weighted by Crippen LogP contribution is -2.39. The summed E-state index contributed by atoms with van der Waals surface area (Å²) in [7, 11) is 0. The lowest BCUT2D eigenvalue weighted by molar-refractivity contribution is -0.199. The van der Waals surface area contributed by atoms with Crippen LogP contribution in [-0.4, -0.2) is 18.5 Å². The van der Waals surface area contributed by atoms with E-state index in [4.69, 9.17) is 15.5 Å². The van der Waals surface area contributed by atoms with Crippen LogP contribution in [-0.2, 0) is 14.6 Å². The minimum atomic E-state index is -0.298. The van der Waals surface area contributed by atoms with Crippen molar-refractivity contribution in [2.24, 2.45) is 5.73 Å². The average molecular weight is 362 g/mol. The van der Waals surface area contributed by atoms with Crippen LogP contribution >= 0.6 is 0 Å². The number of carbonyl (C=O) groups excluding carboxylic acids is 1. The molecular weight excluding hydrogens is 340 g/mol. The van der Waals surface area contributed by atoms with Crippen molar-refractivity contribution in [1.82, 2.24) is 5.32 Å². The second-order valence-electron chi connectivity index (χ2n) is 6.78. The van der Waals surface area contributed by atoms with E-state index in [9.17, 15) is 4.79 Å². The molecule has 1 unspecified atom stereocenters. The van der Waals surface area contributed by atoms with Gasteiger partial charge in [-0.05, 0) is 53.3 Å². The highest BCUT2D eigenvalue weighted by molar-refractivity contribution is 5.96. The van der Waals surface area contributed by atoms with Gasteiger partial charge in [-0.3, -0.25) is 14.6 Å². The molecule has 1 atom stereocenters. The third-order valence-corrected chi connectivity index (χ3v) is 5.03. The van der Waals surface area contributed by atoms with Crippen molar-refractivity contribution >= 4 is 5.91 Å². The van der Waals surface area contributed by atoms with Crippen LogP contribution in [0.4, 0.5) is 0 Å². The van der Waals surface area contributed by atoms with Crippen LogP contribution in [0.5, 0.6) is 0 Å². The Morgan fingerprint density at radius 3 is 2.30 bits per heavy atom. The zero-order valence-corrected chi connectivity index (χ0v) is 14.9. The molecular formula is C22H22N2O3. The predicted octanol–water partition coefficient (Wildman–Crippen LogP) is 3.38. The minimum absolute atomic E-state index is 0.00315. The third-order valence-electron chi connectivity index (χ3n) is 5.03. The minimum Gasteiger partial charge on any atom is -0.352 e. The summed E-state index contributed by atoms with van der Waals surface area (Å²) in [5.74, 6) is -0.295. The van der Waals surface area contributed by atoms with Crippen molar-refractivity contribution in [3.63, 3.8) is 0 Å². The molecule has 0 bridgehead atoms. The van der Waals surface area contributed by atoms with E-state index < -0.39 is 0 Å². The first-order chi connectivity index (χ1) is 13.3. The zero-order chi connectivity index (χ0) is 18.6. The van der Waals surface area contributed by atoms with E-state index in [1.54, 1.807) is 6.26 Å². The molecule has 1 amide bonds. The van der Waals surface area contributed by atoms with Crippen molar-refractivity contribution in [3.05, 3.63) is 83.8 Å². The molecule has 3 N–H and O–H groups in total. The highest BCUT2D eigenvalue weighted by atomic mass is 17.2. The Morgan fingerprint density at radius 1 is 1.04 bits per heavy atom. The molecule has 2 aliphatic rings. The molecule has 5 nitrogen and oxygen atoms in total. The first kappa shape index (κ1) is 17.4. The third kappa shape index (κ3) is 3.46. The summed E-state index contributed by atoms with van der Waals surface area (Å²) < 4.78 is 0. The number of hydrogen-bond acceptors (Lipinski definition) is 4. The van der Waals surface area contributed by atoms with Gasteiger partial charge in [0.15, 0.2) is 0 Å². The summed E-state index contributed by atoms with van der Waals surface area (Å²) >= 11 is 0. The van der Waals surface area contributed by atoms with E-state index in [0.717, 1.165) is 27.8 Å². The molecule has 0 spiro atoms. The number of hydrogen-bond donors (Lipinski definition) is 2. The second-order valence-corrected chi connectivity index (χ2v) is 6.78. The fourth-order valence-electron chi connectivity index (χ4n) is 3.83. The van der Waals surface area contributed by atoms with Gasteiger partial charge in [-0.15, -0.1) is 0 Å². The largest absolute Gasteiger partial charge is 0.352 e. The monoisotopic (exact) mass is 362 g/mol.